The lowest BCUT2D eigenvalue weighted by atomic mass is 9.81. The molecule has 1 fully saturated rings. The predicted molar refractivity (Wildman–Crippen MR) is 220 cm³/mol. The third kappa shape index (κ3) is 11.8. The van der Waals surface area contributed by atoms with Gasteiger partial charge in [0.2, 0.25) is 5.91 Å². The monoisotopic (exact) mass is 830 g/mol. The summed E-state index contributed by atoms with van der Waals surface area (Å²) in [6.07, 6.45) is 7.99. The lowest BCUT2D eigenvalue weighted by molar-refractivity contribution is -0.147. The molecule has 2 unspecified atom stereocenters. The summed E-state index contributed by atoms with van der Waals surface area (Å²) in [6, 6.07) is 16.4. The van der Waals surface area contributed by atoms with Crippen molar-refractivity contribution in [3.05, 3.63) is 115 Å². The quantitative estimate of drug-likeness (QED) is 0.162. The number of nitrogens with one attached hydrogen (secondary N) is 1. The van der Waals surface area contributed by atoms with Crippen molar-refractivity contribution in [2.24, 2.45) is 25.2 Å². The average Bonchev–Trinajstić information content (AvgIpc) is 3.67. The van der Waals surface area contributed by atoms with Gasteiger partial charge in [0.25, 0.3) is 11.1 Å². The molecule has 15 heteroatoms. The Labute approximate surface area is 342 Å². The zero-order valence-electron chi connectivity index (χ0n) is 32.1. The van der Waals surface area contributed by atoms with Crippen molar-refractivity contribution < 1.29 is 28.6 Å². The van der Waals surface area contributed by atoms with E-state index in [0.29, 0.717) is 40.6 Å². The van der Waals surface area contributed by atoms with Gasteiger partial charge in [-0.15, -0.1) is 12.4 Å². The van der Waals surface area contributed by atoms with Gasteiger partial charge in [-0.2, -0.15) is 0 Å². The minimum atomic E-state index is -0.799. The number of nitrogens with zero attached hydrogens (tertiary/aromatic N) is 2. The van der Waals surface area contributed by atoms with Crippen molar-refractivity contribution in [2.75, 3.05) is 27.9 Å². The molecule has 1 saturated carbocycles. The molecule has 56 heavy (non-hydrogen) atoms. The Balaban J connectivity index is 0.000000319. The van der Waals surface area contributed by atoms with Crippen LogP contribution in [-0.4, -0.2) is 67.0 Å². The fourth-order valence-corrected chi connectivity index (χ4v) is 7.22. The number of halogens is 3. The highest BCUT2D eigenvalue weighted by Gasteiger charge is 2.42. The van der Waals surface area contributed by atoms with Crippen molar-refractivity contribution in [3.8, 4) is 22.3 Å². The molecule has 2 heterocycles. The van der Waals surface area contributed by atoms with Crippen LogP contribution in [-0.2, 0) is 55.5 Å². The van der Waals surface area contributed by atoms with E-state index in [1.54, 1.807) is 45.7 Å². The van der Waals surface area contributed by atoms with E-state index in [1.165, 1.54) is 23.4 Å². The van der Waals surface area contributed by atoms with Gasteiger partial charge in [-0.05, 0) is 60.1 Å². The zero-order chi connectivity index (χ0) is 40.3. The lowest BCUT2D eigenvalue weighted by Crippen LogP contribution is -2.49. The molecule has 0 spiro atoms. The molecule has 4 aromatic rings. The van der Waals surface area contributed by atoms with Crippen LogP contribution in [0.1, 0.15) is 43.2 Å². The molecule has 1 aliphatic carbocycles. The normalized spacial score (nSPS) is 14.0. The standard InChI is InChI=1S/C25H31ClN2O5.C16H17ClN2O3.ClH/c1-28-16-19(26)15-20(22(28)29)18-8-6-17(7-9-18)14-21(23(30)33-3)27-24(31)25(12-13-32-2)10-4-5-11-25;1-19-9-12(17)8-13(15(19)20)11-5-3-10(4-6-11)7-14(18)16(21)22-2;/h6-9,15-16,21H,4-5,10-14H2,1-3H3,(H,27,31);3-6,8-9,14H,7,18H2,1-2H3;1H. The molecule has 0 bridgehead atoms. The lowest BCUT2D eigenvalue weighted by Gasteiger charge is -2.29. The van der Waals surface area contributed by atoms with Crippen LogP contribution in [0, 0.1) is 5.41 Å². The fourth-order valence-electron chi connectivity index (χ4n) is 6.71. The van der Waals surface area contributed by atoms with E-state index in [9.17, 15) is 24.0 Å². The maximum atomic E-state index is 13.2. The highest BCUT2D eigenvalue weighted by Crippen LogP contribution is 2.41. The number of rotatable bonds is 13. The third-order valence-corrected chi connectivity index (χ3v) is 10.3. The van der Waals surface area contributed by atoms with Gasteiger partial charge in [-0.3, -0.25) is 19.2 Å². The second-order valence-electron chi connectivity index (χ2n) is 13.7. The minimum Gasteiger partial charge on any atom is -0.468 e. The highest BCUT2D eigenvalue weighted by molar-refractivity contribution is 6.31. The first kappa shape index (κ1) is 45.9. The largest absolute Gasteiger partial charge is 0.468 e. The molecule has 1 amide bonds. The second-order valence-corrected chi connectivity index (χ2v) is 14.6. The summed E-state index contributed by atoms with van der Waals surface area (Å²) in [5.74, 6) is -1.06. The summed E-state index contributed by atoms with van der Waals surface area (Å²) in [5.41, 5.74) is 9.20. The van der Waals surface area contributed by atoms with E-state index >= 15 is 0 Å². The maximum absolute atomic E-state index is 13.2. The van der Waals surface area contributed by atoms with E-state index in [1.807, 2.05) is 48.5 Å². The van der Waals surface area contributed by atoms with E-state index in [2.05, 4.69) is 10.1 Å². The zero-order valence-corrected chi connectivity index (χ0v) is 34.5. The SMILES string of the molecule is COC(=O)C(N)Cc1ccc(-c2cc(Cl)cn(C)c2=O)cc1.COCCC1(C(=O)NC(Cc2ccc(-c3cc(Cl)cn(C)c3=O)cc2)C(=O)OC)CCCC1.Cl. The number of hydrogen-bond acceptors (Lipinski definition) is 9. The Morgan fingerprint density at radius 2 is 1.21 bits per heavy atom. The number of nitrogens with two attached hydrogens (primary N) is 1. The predicted octanol–water partition coefficient (Wildman–Crippen LogP) is 5.67. The molecule has 5 rings (SSSR count). The van der Waals surface area contributed by atoms with Crippen molar-refractivity contribution >= 4 is 53.5 Å². The van der Waals surface area contributed by atoms with Crippen molar-refractivity contribution in [2.45, 2.75) is 57.0 Å². The molecule has 302 valence electrons. The molecule has 0 aliphatic heterocycles. The number of hydrogen-bond donors (Lipinski definition) is 2. The molecule has 0 saturated heterocycles. The van der Waals surface area contributed by atoms with Crippen LogP contribution in [0.5, 0.6) is 0 Å². The molecule has 2 aromatic carbocycles. The van der Waals surface area contributed by atoms with Gasteiger partial charge in [0.15, 0.2) is 0 Å². The maximum Gasteiger partial charge on any atom is 0.328 e. The van der Waals surface area contributed by atoms with Gasteiger partial charge in [0, 0.05) is 57.8 Å². The molecule has 2 atom stereocenters. The number of benzene rings is 2. The Bertz CT molecular complexity index is 2080. The number of aromatic nitrogens is 2. The smallest absolute Gasteiger partial charge is 0.328 e. The van der Waals surface area contributed by atoms with Gasteiger partial charge in [-0.1, -0.05) is 84.6 Å². The van der Waals surface area contributed by atoms with E-state index in [0.717, 1.165) is 47.9 Å². The molecule has 3 N–H and O–H groups in total. The number of amides is 1. The number of carbonyl (C=O) groups excluding carboxylic acids is 3. The summed E-state index contributed by atoms with van der Waals surface area (Å²) in [7, 11) is 7.55. The molecule has 0 radical (unpaired) electrons. The Kier molecular flexibility index (Phi) is 17.4. The summed E-state index contributed by atoms with van der Waals surface area (Å²) in [6.45, 7) is 0.501. The number of pyridine rings is 2. The van der Waals surface area contributed by atoms with Gasteiger partial charge in [-0.25, -0.2) is 4.79 Å². The van der Waals surface area contributed by atoms with Crippen LogP contribution in [0.2, 0.25) is 10.0 Å². The molecule has 1 aliphatic rings. The van der Waals surface area contributed by atoms with Crippen LogP contribution in [0.3, 0.4) is 0 Å². The highest BCUT2D eigenvalue weighted by atomic mass is 35.5. The van der Waals surface area contributed by atoms with Gasteiger partial charge in [0.1, 0.15) is 12.1 Å². The number of ether oxygens (including phenoxy) is 3. The first-order valence-corrected chi connectivity index (χ1v) is 18.6. The third-order valence-electron chi connectivity index (χ3n) is 9.85. The topological polar surface area (TPSA) is 161 Å². The summed E-state index contributed by atoms with van der Waals surface area (Å²) < 4.78 is 17.7. The Morgan fingerprint density at radius 1 is 0.768 bits per heavy atom. The van der Waals surface area contributed by atoms with Crippen LogP contribution in [0.25, 0.3) is 22.3 Å². The molecular weight excluding hydrogens is 783 g/mol. The Morgan fingerprint density at radius 3 is 1.64 bits per heavy atom. The van der Waals surface area contributed by atoms with Crippen LogP contribution < -0.4 is 22.2 Å². The minimum absolute atomic E-state index is 0. The van der Waals surface area contributed by atoms with Crippen molar-refractivity contribution in [3.63, 3.8) is 0 Å². The number of aryl methyl sites for hydroxylation is 2. The first-order chi connectivity index (χ1) is 26.2. The van der Waals surface area contributed by atoms with Crippen LogP contribution in [0.15, 0.2) is 82.6 Å². The summed E-state index contributed by atoms with van der Waals surface area (Å²) in [5, 5.41) is 3.90. The van der Waals surface area contributed by atoms with E-state index < -0.39 is 29.4 Å². The number of carbonyl (C=O) groups is 3. The van der Waals surface area contributed by atoms with Crippen molar-refractivity contribution in [1.29, 1.82) is 0 Å². The summed E-state index contributed by atoms with van der Waals surface area (Å²) in [4.78, 5) is 61.6. The average molecular weight is 832 g/mol. The van der Waals surface area contributed by atoms with Crippen LogP contribution >= 0.6 is 35.6 Å². The number of methoxy groups -OCH3 is 3. The molecular formula is C41H49Cl3N4O8. The van der Waals surface area contributed by atoms with Crippen LogP contribution in [0.4, 0.5) is 0 Å². The number of esters is 2. The van der Waals surface area contributed by atoms with E-state index in [-0.39, 0.29) is 35.9 Å². The molecule has 2 aromatic heterocycles. The Hall–Kier alpha value is -4.46. The van der Waals surface area contributed by atoms with E-state index in [4.69, 9.17) is 38.4 Å². The van der Waals surface area contributed by atoms with Crippen molar-refractivity contribution in [1.82, 2.24) is 14.5 Å². The summed E-state index contributed by atoms with van der Waals surface area (Å²) >= 11 is 12.1. The fraction of sp³-hybridized carbons (Fsp3) is 0.390. The molecule has 12 nitrogen and oxygen atoms in total. The van der Waals surface area contributed by atoms with Gasteiger partial charge >= 0.3 is 11.9 Å². The first-order valence-electron chi connectivity index (χ1n) is 17.8. The van der Waals surface area contributed by atoms with Gasteiger partial charge < -0.3 is 34.4 Å². The second kappa shape index (κ2) is 21.2. The van der Waals surface area contributed by atoms with Gasteiger partial charge in [0.05, 0.1) is 29.7 Å².